The van der Waals surface area contributed by atoms with E-state index in [1.165, 1.54) is 22.3 Å². The minimum absolute atomic E-state index is 0.485. The van der Waals surface area contributed by atoms with Gasteiger partial charge in [-0.1, -0.05) is 146 Å². The summed E-state index contributed by atoms with van der Waals surface area (Å²) >= 11 is 0. The smallest absolute Gasteiger partial charge is 0.0964 e. The Morgan fingerprint density at radius 3 is 1.64 bits per heavy atom. The molecular formula is C45H47N3O2. The van der Waals surface area contributed by atoms with E-state index in [9.17, 15) is 10.2 Å². The van der Waals surface area contributed by atoms with Gasteiger partial charge in [-0.25, -0.2) is 0 Å². The van der Waals surface area contributed by atoms with Gasteiger partial charge in [0.1, 0.15) is 0 Å². The van der Waals surface area contributed by atoms with Crippen LogP contribution in [0.25, 0.3) is 0 Å². The zero-order valence-corrected chi connectivity index (χ0v) is 28.6. The van der Waals surface area contributed by atoms with Gasteiger partial charge in [0.2, 0.25) is 0 Å². The summed E-state index contributed by atoms with van der Waals surface area (Å²) in [6, 6.07) is 55.6. The van der Waals surface area contributed by atoms with Crippen molar-refractivity contribution in [2.24, 2.45) is 0 Å². The van der Waals surface area contributed by atoms with Gasteiger partial charge >= 0.3 is 0 Å². The standard InChI is InChI=1S/C45H47N3O2/c46-43-30-41(24-23-40(43)29-36-13-5-1-6-14-36)44(49)33-47(31-37-15-7-2-8-16-37)28-27-35-21-25-42(26-22-35)48(32-38-17-9-3-10-18-38)34-45(50)39-19-11-4-12-20-39/h1-26,30,44-45,49-50H,27-29,31-34,46H2. The molecule has 5 heteroatoms. The average molecular weight is 662 g/mol. The summed E-state index contributed by atoms with van der Waals surface area (Å²) in [6.07, 6.45) is 0.327. The first-order valence-electron chi connectivity index (χ1n) is 17.5. The van der Waals surface area contributed by atoms with Crippen LogP contribution in [0.3, 0.4) is 0 Å². The maximum absolute atomic E-state index is 11.4. The number of rotatable bonds is 16. The van der Waals surface area contributed by atoms with E-state index in [0.717, 1.165) is 48.3 Å². The van der Waals surface area contributed by atoms with Crippen molar-refractivity contribution in [2.75, 3.05) is 30.3 Å². The Morgan fingerprint density at radius 2 is 1.04 bits per heavy atom. The van der Waals surface area contributed by atoms with Gasteiger partial charge < -0.3 is 20.8 Å². The topological polar surface area (TPSA) is 73.0 Å². The van der Waals surface area contributed by atoms with Crippen molar-refractivity contribution in [1.82, 2.24) is 4.90 Å². The molecule has 0 bridgehead atoms. The lowest BCUT2D eigenvalue weighted by atomic mass is 9.99. The Morgan fingerprint density at radius 1 is 0.500 bits per heavy atom. The highest BCUT2D eigenvalue weighted by Gasteiger charge is 2.18. The van der Waals surface area contributed by atoms with Crippen molar-refractivity contribution < 1.29 is 10.2 Å². The number of aliphatic hydroxyl groups excluding tert-OH is 2. The Balaban J connectivity index is 1.13. The van der Waals surface area contributed by atoms with Crippen LogP contribution >= 0.6 is 0 Å². The molecule has 6 rings (SSSR count). The first-order valence-corrected chi connectivity index (χ1v) is 17.5. The summed E-state index contributed by atoms with van der Waals surface area (Å²) in [5.41, 5.74) is 15.9. The highest BCUT2D eigenvalue weighted by molar-refractivity contribution is 5.52. The van der Waals surface area contributed by atoms with Crippen LogP contribution in [0, 0.1) is 0 Å². The van der Waals surface area contributed by atoms with E-state index >= 15 is 0 Å². The van der Waals surface area contributed by atoms with E-state index in [0.29, 0.717) is 25.3 Å². The molecule has 2 unspecified atom stereocenters. The quantitative estimate of drug-likeness (QED) is 0.0910. The SMILES string of the molecule is Nc1cc(C(O)CN(CCc2ccc(N(Cc3ccccc3)CC(O)c3ccccc3)cc2)Cc2ccccc2)ccc1Cc1ccccc1. The van der Waals surface area contributed by atoms with Crippen LogP contribution in [0.2, 0.25) is 0 Å². The molecule has 0 aliphatic rings. The minimum atomic E-state index is -0.670. The van der Waals surface area contributed by atoms with Crippen LogP contribution in [0.5, 0.6) is 0 Å². The maximum atomic E-state index is 11.4. The summed E-state index contributed by atoms with van der Waals surface area (Å²) in [6.45, 7) is 3.20. The summed E-state index contributed by atoms with van der Waals surface area (Å²) in [7, 11) is 0. The molecule has 0 spiro atoms. The van der Waals surface area contributed by atoms with E-state index < -0.39 is 12.2 Å². The number of hydrogen-bond acceptors (Lipinski definition) is 5. The molecular weight excluding hydrogens is 615 g/mol. The van der Waals surface area contributed by atoms with Crippen molar-refractivity contribution in [3.63, 3.8) is 0 Å². The largest absolute Gasteiger partial charge is 0.398 e. The fourth-order valence-corrected chi connectivity index (χ4v) is 6.44. The molecule has 0 amide bonds. The minimum Gasteiger partial charge on any atom is -0.398 e. The second-order valence-corrected chi connectivity index (χ2v) is 13.1. The summed E-state index contributed by atoms with van der Waals surface area (Å²) in [5.74, 6) is 0. The number of nitrogen functional groups attached to an aromatic ring is 1. The lowest BCUT2D eigenvalue weighted by molar-refractivity contribution is 0.109. The predicted octanol–water partition coefficient (Wildman–Crippen LogP) is 8.38. The third-order valence-electron chi connectivity index (χ3n) is 9.28. The van der Waals surface area contributed by atoms with E-state index in [4.69, 9.17) is 5.73 Å². The first kappa shape index (κ1) is 34.7. The average Bonchev–Trinajstić information content (AvgIpc) is 3.16. The van der Waals surface area contributed by atoms with Crippen molar-refractivity contribution >= 4 is 11.4 Å². The number of nitrogens with two attached hydrogens (primary N) is 1. The predicted molar refractivity (Wildman–Crippen MR) is 206 cm³/mol. The van der Waals surface area contributed by atoms with E-state index in [-0.39, 0.29) is 0 Å². The van der Waals surface area contributed by atoms with Crippen LogP contribution in [-0.4, -0.2) is 34.7 Å². The molecule has 6 aromatic carbocycles. The molecule has 0 aromatic heterocycles. The molecule has 2 atom stereocenters. The number of hydrogen-bond donors (Lipinski definition) is 3. The second kappa shape index (κ2) is 17.5. The fraction of sp³-hybridized carbons (Fsp3) is 0.200. The maximum Gasteiger partial charge on any atom is 0.0964 e. The zero-order chi connectivity index (χ0) is 34.5. The zero-order valence-electron chi connectivity index (χ0n) is 28.6. The van der Waals surface area contributed by atoms with Crippen molar-refractivity contribution in [3.05, 3.63) is 203 Å². The molecule has 6 aromatic rings. The van der Waals surface area contributed by atoms with Gasteiger partial charge in [0.05, 0.1) is 12.2 Å². The van der Waals surface area contributed by atoms with Gasteiger partial charge in [0.25, 0.3) is 0 Å². The van der Waals surface area contributed by atoms with Gasteiger partial charge in [-0.3, -0.25) is 4.90 Å². The van der Waals surface area contributed by atoms with Gasteiger partial charge in [0, 0.05) is 44.1 Å². The van der Waals surface area contributed by atoms with Crippen molar-refractivity contribution in [2.45, 2.75) is 38.1 Å². The van der Waals surface area contributed by atoms with Crippen LogP contribution in [0.1, 0.15) is 51.2 Å². The first-order chi connectivity index (χ1) is 24.5. The molecule has 0 radical (unpaired) electrons. The summed E-state index contributed by atoms with van der Waals surface area (Å²) in [4.78, 5) is 4.56. The number of benzene rings is 6. The molecule has 50 heavy (non-hydrogen) atoms. The summed E-state index contributed by atoms with van der Waals surface area (Å²) < 4.78 is 0. The highest BCUT2D eigenvalue weighted by Crippen LogP contribution is 2.25. The Labute approximate surface area is 296 Å². The Hall–Kier alpha value is -5.20. The molecule has 0 fully saturated rings. The van der Waals surface area contributed by atoms with Gasteiger partial charge in [-0.2, -0.15) is 0 Å². The third kappa shape index (κ3) is 9.93. The fourth-order valence-electron chi connectivity index (χ4n) is 6.44. The van der Waals surface area contributed by atoms with Crippen molar-refractivity contribution in [3.8, 4) is 0 Å². The van der Waals surface area contributed by atoms with E-state index in [1.807, 2.05) is 78.9 Å². The van der Waals surface area contributed by atoms with E-state index in [1.54, 1.807) is 0 Å². The van der Waals surface area contributed by atoms with Crippen LogP contribution in [0.15, 0.2) is 164 Å². The van der Waals surface area contributed by atoms with E-state index in [2.05, 4.69) is 94.7 Å². The third-order valence-corrected chi connectivity index (χ3v) is 9.28. The number of aliphatic hydroxyl groups is 2. The lowest BCUT2D eigenvalue weighted by Crippen LogP contribution is -2.30. The molecule has 0 heterocycles. The molecule has 254 valence electrons. The molecule has 4 N–H and O–H groups in total. The molecule has 0 aliphatic carbocycles. The van der Waals surface area contributed by atoms with Gasteiger partial charge in [-0.15, -0.1) is 0 Å². The van der Waals surface area contributed by atoms with Crippen LogP contribution in [-0.2, 0) is 25.9 Å². The second-order valence-electron chi connectivity index (χ2n) is 13.1. The molecule has 0 saturated carbocycles. The molecule has 0 saturated heterocycles. The lowest BCUT2D eigenvalue weighted by Gasteiger charge is -2.28. The van der Waals surface area contributed by atoms with Crippen LogP contribution in [0.4, 0.5) is 11.4 Å². The highest BCUT2D eigenvalue weighted by atomic mass is 16.3. The van der Waals surface area contributed by atoms with Gasteiger partial charge in [-0.05, 0) is 70.0 Å². The Kier molecular flexibility index (Phi) is 12.1. The van der Waals surface area contributed by atoms with Gasteiger partial charge in [0.15, 0.2) is 0 Å². The Bertz CT molecular complexity index is 1870. The number of nitrogens with zero attached hydrogens (tertiary/aromatic N) is 2. The van der Waals surface area contributed by atoms with Crippen LogP contribution < -0.4 is 10.6 Å². The summed E-state index contributed by atoms with van der Waals surface area (Å²) in [5, 5.41) is 22.5. The molecule has 5 nitrogen and oxygen atoms in total. The number of anilines is 2. The normalized spacial score (nSPS) is 12.5. The van der Waals surface area contributed by atoms with Crippen molar-refractivity contribution in [1.29, 1.82) is 0 Å². The molecule has 0 aliphatic heterocycles. The monoisotopic (exact) mass is 661 g/mol.